The lowest BCUT2D eigenvalue weighted by Crippen LogP contribution is -2.37. The maximum absolute atomic E-state index is 11.5. The Morgan fingerprint density at radius 1 is 1.60 bits per heavy atom. The molecule has 0 aromatic carbocycles. The number of ether oxygens (including phenoxy) is 1. The molecular formula is C9H16N2O3S. The summed E-state index contributed by atoms with van der Waals surface area (Å²) in [5.41, 5.74) is 0. The first-order valence-electron chi connectivity index (χ1n) is 5.06. The van der Waals surface area contributed by atoms with Gasteiger partial charge < -0.3 is 4.74 Å². The van der Waals surface area contributed by atoms with Crippen LogP contribution in [0.2, 0.25) is 0 Å². The SMILES string of the molecule is CCOCCS(=O)(=O)NC(C#N)C1CC1. The van der Waals surface area contributed by atoms with Gasteiger partial charge in [0.05, 0.1) is 18.4 Å². The Morgan fingerprint density at radius 2 is 2.27 bits per heavy atom. The molecule has 1 unspecified atom stereocenters. The van der Waals surface area contributed by atoms with Crippen LogP contribution in [0, 0.1) is 17.2 Å². The minimum Gasteiger partial charge on any atom is -0.381 e. The molecule has 86 valence electrons. The molecule has 0 aliphatic heterocycles. The number of hydrogen-bond acceptors (Lipinski definition) is 4. The molecule has 1 fully saturated rings. The van der Waals surface area contributed by atoms with Gasteiger partial charge in [0.2, 0.25) is 10.0 Å². The summed E-state index contributed by atoms with van der Waals surface area (Å²) < 4.78 is 30.3. The van der Waals surface area contributed by atoms with Crippen molar-refractivity contribution in [3.8, 4) is 6.07 Å². The number of nitrogens with one attached hydrogen (secondary N) is 1. The first-order valence-corrected chi connectivity index (χ1v) is 6.71. The lowest BCUT2D eigenvalue weighted by molar-refractivity contribution is 0.163. The molecule has 6 heteroatoms. The molecule has 0 aromatic heterocycles. The summed E-state index contributed by atoms with van der Waals surface area (Å²) >= 11 is 0. The molecule has 0 aromatic rings. The zero-order valence-corrected chi connectivity index (χ0v) is 9.59. The van der Waals surface area contributed by atoms with Gasteiger partial charge in [-0.25, -0.2) is 8.42 Å². The van der Waals surface area contributed by atoms with E-state index in [-0.39, 0.29) is 18.3 Å². The summed E-state index contributed by atoms with van der Waals surface area (Å²) in [6, 6.07) is 1.42. The van der Waals surface area contributed by atoms with E-state index in [1.807, 2.05) is 13.0 Å². The van der Waals surface area contributed by atoms with E-state index in [1.54, 1.807) is 0 Å². The van der Waals surface area contributed by atoms with Crippen molar-refractivity contribution >= 4 is 10.0 Å². The Hall–Kier alpha value is -0.640. The molecule has 1 atom stereocenters. The predicted molar refractivity (Wildman–Crippen MR) is 55.5 cm³/mol. The van der Waals surface area contributed by atoms with Crippen molar-refractivity contribution in [2.45, 2.75) is 25.8 Å². The van der Waals surface area contributed by atoms with Gasteiger partial charge in [0.25, 0.3) is 0 Å². The molecule has 1 aliphatic carbocycles. The highest BCUT2D eigenvalue weighted by Crippen LogP contribution is 2.32. The minimum absolute atomic E-state index is 0.0776. The van der Waals surface area contributed by atoms with Crippen molar-refractivity contribution in [3.05, 3.63) is 0 Å². The Balaban J connectivity index is 2.37. The summed E-state index contributed by atoms with van der Waals surface area (Å²) in [6.45, 7) is 2.48. The van der Waals surface area contributed by atoms with Crippen LogP contribution in [-0.2, 0) is 14.8 Å². The van der Waals surface area contributed by atoms with E-state index >= 15 is 0 Å². The molecular weight excluding hydrogens is 216 g/mol. The number of rotatable bonds is 7. The molecule has 0 spiro atoms. The lowest BCUT2D eigenvalue weighted by atomic mass is 10.2. The highest BCUT2D eigenvalue weighted by molar-refractivity contribution is 7.89. The molecule has 0 radical (unpaired) electrons. The second-order valence-corrected chi connectivity index (χ2v) is 5.45. The van der Waals surface area contributed by atoms with Crippen LogP contribution >= 0.6 is 0 Å². The van der Waals surface area contributed by atoms with E-state index in [9.17, 15) is 8.42 Å². The lowest BCUT2D eigenvalue weighted by Gasteiger charge is -2.10. The number of nitrogens with zero attached hydrogens (tertiary/aromatic N) is 1. The predicted octanol–water partition coefficient (Wildman–Crippen LogP) is 0.244. The number of nitriles is 1. The van der Waals surface area contributed by atoms with Crippen LogP contribution in [0.3, 0.4) is 0 Å². The van der Waals surface area contributed by atoms with Gasteiger partial charge in [-0.05, 0) is 25.7 Å². The van der Waals surface area contributed by atoms with E-state index in [1.165, 1.54) is 0 Å². The molecule has 1 rings (SSSR count). The Kier molecular flexibility index (Phi) is 4.51. The quantitative estimate of drug-likeness (QED) is 0.638. The minimum atomic E-state index is -3.37. The monoisotopic (exact) mass is 232 g/mol. The molecule has 0 amide bonds. The van der Waals surface area contributed by atoms with E-state index in [0.717, 1.165) is 12.8 Å². The maximum atomic E-state index is 11.5. The Labute approximate surface area is 90.5 Å². The number of sulfonamides is 1. The third-order valence-corrected chi connectivity index (χ3v) is 3.56. The zero-order valence-electron chi connectivity index (χ0n) is 8.77. The van der Waals surface area contributed by atoms with Gasteiger partial charge in [-0.15, -0.1) is 0 Å². The van der Waals surface area contributed by atoms with E-state index in [0.29, 0.717) is 6.61 Å². The molecule has 1 N–H and O–H groups in total. The summed E-state index contributed by atoms with van der Waals surface area (Å²) in [4.78, 5) is 0. The second-order valence-electron chi connectivity index (χ2n) is 3.58. The van der Waals surface area contributed by atoms with Gasteiger partial charge >= 0.3 is 0 Å². The van der Waals surface area contributed by atoms with Gasteiger partial charge in [0.15, 0.2) is 0 Å². The van der Waals surface area contributed by atoms with E-state index < -0.39 is 16.1 Å². The molecule has 1 aliphatic rings. The molecule has 0 saturated heterocycles. The third-order valence-electron chi connectivity index (χ3n) is 2.24. The standard InChI is InChI=1S/C9H16N2O3S/c1-2-14-5-6-15(12,13)11-9(7-10)8-3-4-8/h8-9,11H,2-6H2,1H3. The first kappa shape index (κ1) is 12.4. The van der Waals surface area contributed by atoms with Crippen LogP contribution in [-0.4, -0.2) is 33.4 Å². The summed E-state index contributed by atoms with van der Waals surface area (Å²) in [6.07, 6.45) is 1.87. The summed E-state index contributed by atoms with van der Waals surface area (Å²) in [7, 11) is -3.37. The van der Waals surface area contributed by atoms with Crippen molar-refractivity contribution in [1.82, 2.24) is 4.72 Å². The highest BCUT2D eigenvalue weighted by Gasteiger charge is 2.33. The normalized spacial score (nSPS) is 18.4. The topological polar surface area (TPSA) is 79.2 Å². The van der Waals surface area contributed by atoms with Crippen molar-refractivity contribution in [1.29, 1.82) is 5.26 Å². The Morgan fingerprint density at radius 3 is 2.73 bits per heavy atom. The first-order chi connectivity index (χ1) is 7.09. The number of hydrogen-bond donors (Lipinski definition) is 1. The van der Waals surface area contributed by atoms with Gasteiger partial charge in [-0.2, -0.15) is 9.98 Å². The fourth-order valence-electron chi connectivity index (χ4n) is 1.22. The maximum Gasteiger partial charge on any atom is 0.215 e. The van der Waals surface area contributed by atoms with Gasteiger partial charge in [0, 0.05) is 6.61 Å². The van der Waals surface area contributed by atoms with Gasteiger partial charge in [0.1, 0.15) is 6.04 Å². The molecule has 0 bridgehead atoms. The van der Waals surface area contributed by atoms with Crippen molar-refractivity contribution in [2.75, 3.05) is 19.0 Å². The molecule has 0 heterocycles. The van der Waals surface area contributed by atoms with E-state index in [2.05, 4.69) is 4.72 Å². The van der Waals surface area contributed by atoms with Crippen LogP contribution < -0.4 is 4.72 Å². The van der Waals surface area contributed by atoms with Gasteiger partial charge in [-0.1, -0.05) is 0 Å². The van der Waals surface area contributed by atoms with Crippen molar-refractivity contribution in [3.63, 3.8) is 0 Å². The second kappa shape index (κ2) is 5.45. The highest BCUT2D eigenvalue weighted by atomic mass is 32.2. The van der Waals surface area contributed by atoms with E-state index in [4.69, 9.17) is 10.00 Å². The van der Waals surface area contributed by atoms with Crippen LogP contribution in [0.5, 0.6) is 0 Å². The van der Waals surface area contributed by atoms with Crippen molar-refractivity contribution < 1.29 is 13.2 Å². The van der Waals surface area contributed by atoms with Crippen LogP contribution in [0.4, 0.5) is 0 Å². The van der Waals surface area contributed by atoms with Crippen LogP contribution in [0.25, 0.3) is 0 Å². The summed E-state index contributed by atoms with van der Waals surface area (Å²) in [5, 5.41) is 8.76. The summed E-state index contributed by atoms with van der Waals surface area (Å²) in [5.74, 6) is 0.128. The average Bonchev–Trinajstić information content (AvgIpc) is 2.98. The van der Waals surface area contributed by atoms with Crippen LogP contribution in [0.15, 0.2) is 0 Å². The Bertz CT molecular complexity index is 330. The zero-order chi connectivity index (χ0) is 11.3. The smallest absolute Gasteiger partial charge is 0.215 e. The molecule has 5 nitrogen and oxygen atoms in total. The van der Waals surface area contributed by atoms with Gasteiger partial charge in [-0.3, -0.25) is 0 Å². The third kappa shape index (κ3) is 4.60. The molecule has 15 heavy (non-hydrogen) atoms. The average molecular weight is 232 g/mol. The fourth-order valence-corrected chi connectivity index (χ4v) is 2.31. The van der Waals surface area contributed by atoms with Crippen LogP contribution in [0.1, 0.15) is 19.8 Å². The van der Waals surface area contributed by atoms with Crippen molar-refractivity contribution in [2.24, 2.45) is 5.92 Å². The fraction of sp³-hybridized carbons (Fsp3) is 0.889. The molecule has 1 saturated carbocycles. The largest absolute Gasteiger partial charge is 0.381 e.